The SMILES string of the molecule is CCCOCc1ccc(C=NNc2nc(N)cs2)cc1. The minimum atomic E-state index is 0.504. The zero-order valence-corrected chi connectivity index (χ0v) is 12.2. The van der Waals surface area contributed by atoms with Gasteiger partial charge < -0.3 is 10.5 Å². The molecule has 0 aliphatic heterocycles. The smallest absolute Gasteiger partial charge is 0.205 e. The van der Waals surface area contributed by atoms with E-state index in [2.05, 4.69) is 22.4 Å². The average molecular weight is 290 g/mol. The Bertz CT molecular complexity index is 551. The van der Waals surface area contributed by atoms with Crippen LogP contribution in [0.1, 0.15) is 24.5 Å². The lowest BCUT2D eigenvalue weighted by atomic mass is 10.1. The van der Waals surface area contributed by atoms with E-state index >= 15 is 0 Å². The minimum Gasteiger partial charge on any atom is -0.383 e. The molecule has 3 N–H and O–H groups in total. The molecule has 0 amide bonds. The van der Waals surface area contributed by atoms with Crippen LogP contribution in [0.15, 0.2) is 34.7 Å². The fourth-order valence-corrected chi connectivity index (χ4v) is 2.08. The van der Waals surface area contributed by atoms with Crippen molar-refractivity contribution >= 4 is 28.5 Å². The van der Waals surface area contributed by atoms with Gasteiger partial charge in [0, 0.05) is 12.0 Å². The number of nitrogens with two attached hydrogens (primary N) is 1. The fraction of sp³-hybridized carbons (Fsp3) is 0.286. The maximum Gasteiger partial charge on any atom is 0.205 e. The van der Waals surface area contributed by atoms with Gasteiger partial charge in [-0.15, -0.1) is 11.3 Å². The van der Waals surface area contributed by atoms with Gasteiger partial charge in [-0.05, 0) is 17.5 Å². The Morgan fingerprint density at radius 2 is 2.20 bits per heavy atom. The highest BCUT2D eigenvalue weighted by Gasteiger charge is 1.96. The molecule has 0 aliphatic rings. The molecule has 0 radical (unpaired) electrons. The van der Waals surface area contributed by atoms with Crippen molar-refractivity contribution in [2.75, 3.05) is 17.8 Å². The molecule has 0 saturated heterocycles. The van der Waals surface area contributed by atoms with E-state index in [0.717, 1.165) is 24.2 Å². The van der Waals surface area contributed by atoms with E-state index in [1.54, 1.807) is 11.6 Å². The lowest BCUT2D eigenvalue weighted by molar-refractivity contribution is 0.121. The first-order valence-electron chi connectivity index (χ1n) is 6.44. The Hall–Kier alpha value is -1.92. The standard InChI is InChI=1S/C14H18N4OS/c1-2-7-19-9-12-5-3-11(4-6-12)8-16-18-14-17-13(15)10-20-14/h3-6,8,10H,2,7,9,15H2,1H3,(H,17,18). The number of hydrogen-bond acceptors (Lipinski definition) is 6. The molecule has 0 bridgehead atoms. The third-order valence-corrected chi connectivity index (χ3v) is 3.26. The average Bonchev–Trinajstić information content (AvgIpc) is 2.87. The first-order chi connectivity index (χ1) is 9.78. The monoisotopic (exact) mass is 290 g/mol. The summed E-state index contributed by atoms with van der Waals surface area (Å²) in [6.45, 7) is 3.55. The Balaban J connectivity index is 1.83. The highest BCUT2D eigenvalue weighted by atomic mass is 32.1. The molecule has 0 atom stereocenters. The molecule has 0 saturated carbocycles. The van der Waals surface area contributed by atoms with Gasteiger partial charge in [-0.25, -0.2) is 4.98 Å². The van der Waals surface area contributed by atoms with E-state index in [9.17, 15) is 0 Å². The minimum absolute atomic E-state index is 0.504. The van der Waals surface area contributed by atoms with Gasteiger partial charge in [0.1, 0.15) is 5.82 Å². The van der Waals surface area contributed by atoms with Gasteiger partial charge in [-0.3, -0.25) is 5.43 Å². The quantitative estimate of drug-likeness (QED) is 0.467. The molecule has 1 aromatic heterocycles. The summed E-state index contributed by atoms with van der Waals surface area (Å²) < 4.78 is 5.49. The van der Waals surface area contributed by atoms with Crippen LogP contribution in [0.4, 0.5) is 10.9 Å². The number of ether oxygens (including phenoxy) is 1. The molecule has 106 valence electrons. The predicted molar refractivity (Wildman–Crippen MR) is 84.1 cm³/mol. The van der Waals surface area contributed by atoms with Gasteiger partial charge in [0.05, 0.1) is 12.8 Å². The molecular formula is C14H18N4OS. The maximum absolute atomic E-state index is 5.52. The van der Waals surface area contributed by atoms with E-state index in [1.807, 2.05) is 24.3 Å². The van der Waals surface area contributed by atoms with Crippen LogP contribution >= 0.6 is 11.3 Å². The molecule has 6 heteroatoms. The third kappa shape index (κ3) is 4.64. The van der Waals surface area contributed by atoms with Crippen molar-refractivity contribution in [2.45, 2.75) is 20.0 Å². The molecule has 0 fully saturated rings. The number of hydrazone groups is 1. The summed E-state index contributed by atoms with van der Waals surface area (Å²) in [6.07, 6.45) is 2.78. The van der Waals surface area contributed by atoms with Crippen molar-refractivity contribution in [3.05, 3.63) is 40.8 Å². The lowest BCUT2D eigenvalue weighted by Gasteiger charge is -2.02. The van der Waals surface area contributed by atoms with Crippen LogP contribution < -0.4 is 11.2 Å². The molecule has 2 aromatic rings. The van der Waals surface area contributed by atoms with Gasteiger partial charge in [-0.1, -0.05) is 31.2 Å². The van der Waals surface area contributed by atoms with Crippen LogP contribution in [0.2, 0.25) is 0 Å². The number of thiazole rings is 1. The first-order valence-corrected chi connectivity index (χ1v) is 7.32. The number of nitrogens with zero attached hydrogens (tertiary/aromatic N) is 2. The van der Waals surface area contributed by atoms with Crippen molar-refractivity contribution in [2.24, 2.45) is 5.10 Å². The second-order valence-corrected chi connectivity index (χ2v) is 5.10. The summed E-state index contributed by atoms with van der Waals surface area (Å²) in [5.74, 6) is 0.504. The zero-order valence-electron chi connectivity index (χ0n) is 11.4. The molecule has 0 aliphatic carbocycles. The lowest BCUT2D eigenvalue weighted by Crippen LogP contribution is -1.95. The van der Waals surface area contributed by atoms with Crippen LogP contribution in [0.3, 0.4) is 0 Å². The van der Waals surface area contributed by atoms with Gasteiger partial charge in [0.2, 0.25) is 5.13 Å². The molecule has 1 aromatic carbocycles. The summed E-state index contributed by atoms with van der Waals surface area (Å²) in [5, 5.41) is 6.57. The van der Waals surface area contributed by atoms with Gasteiger partial charge in [0.15, 0.2) is 0 Å². The van der Waals surface area contributed by atoms with Crippen LogP contribution in [-0.4, -0.2) is 17.8 Å². The summed E-state index contributed by atoms with van der Waals surface area (Å²) in [4.78, 5) is 4.05. The van der Waals surface area contributed by atoms with Crippen LogP contribution in [0.5, 0.6) is 0 Å². The molecule has 20 heavy (non-hydrogen) atoms. The predicted octanol–water partition coefficient (Wildman–Crippen LogP) is 3.10. The largest absolute Gasteiger partial charge is 0.383 e. The second kappa shape index (κ2) is 7.62. The van der Waals surface area contributed by atoms with E-state index < -0.39 is 0 Å². The van der Waals surface area contributed by atoms with Crippen molar-refractivity contribution in [1.82, 2.24) is 4.98 Å². The highest BCUT2D eigenvalue weighted by molar-refractivity contribution is 7.14. The number of nitrogen functional groups attached to an aromatic ring is 1. The molecule has 5 nitrogen and oxygen atoms in total. The van der Waals surface area contributed by atoms with E-state index in [0.29, 0.717) is 17.6 Å². The normalized spacial score (nSPS) is 11.1. The number of rotatable bonds is 7. The molecule has 0 unspecified atom stereocenters. The van der Waals surface area contributed by atoms with E-state index in [4.69, 9.17) is 10.5 Å². The van der Waals surface area contributed by atoms with Crippen LogP contribution in [0.25, 0.3) is 0 Å². The molecule has 2 rings (SSSR count). The van der Waals surface area contributed by atoms with E-state index in [1.165, 1.54) is 11.3 Å². The Kier molecular flexibility index (Phi) is 5.52. The fourth-order valence-electron chi connectivity index (χ4n) is 1.53. The molecule has 1 heterocycles. The summed E-state index contributed by atoms with van der Waals surface area (Å²) in [7, 11) is 0. The number of benzene rings is 1. The van der Waals surface area contributed by atoms with Gasteiger partial charge >= 0.3 is 0 Å². The Labute approximate surface area is 122 Å². The van der Waals surface area contributed by atoms with E-state index in [-0.39, 0.29) is 0 Å². The van der Waals surface area contributed by atoms with Crippen LogP contribution in [0, 0.1) is 0 Å². The number of nitrogens with one attached hydrogen (secondary N) is 1. The number of hydrogen-bond donors (Lipinski definition) is 2. The highest BCUT2D eigenvalue weighted by Crippen LogP contribution is 2.16. The van der Waals surface area contributed by atoms with Crippen molar-refractivity contribution in [1.29, 1.82) is 0 Å². The summed E-state index contributed by atoms with van der Waals surface area (Å²) in [5.41, 5.74) is 10.5. The third-order valence-electron chi connectivity index (χ3n) is 2.49. The molecular weight excluding hydrogens is 272 g/mol. The van der Waals surface area contributed by atoms with Crippen molar-refractivity contribution in [3.8, 4) is 0 Å². The number of aromatic nitrogens is 1. The van der Waals surface area contributed by atoms with Crippen molar-refractivity contribution < 1.29 is 4.74 Å². The van der Waals surface area contributed by atoms with Crippen molar-refractivity contribution in [3.63, 3.8) is 0 Å². The maximum atomic E-state index is 5.52. The Morgan fingerprint density at radius 3 is 2.85 bits per heavy atom. The topological polar surface area (TPSA) is 72.5 Å². The summed E-state index contributed by atoms with van der Waals surface area (Å²) in [6, 6.07) is 8.09. The Morgan fingerprint density at radius 1 is 1.40 bits per heavy atom. The van der Waals surface area contributed by atoms with Gasteiger partial charge in [0.25, 0.3) is 0 Å². The summed E-state index contributed by atoms with van der Waals surface area (Å²) >= 11 is 1.42. The number of anilines is 2. The second-order valence-electron chi connectivity index (χ2n) is 4.24. The first kappa shape index (κ1) is 14.5. The zero-order chi connectivity index (χ0) is 14.2. The van der Waals surface area contributed by atoms with Gasteiger partial charge in [-0.2, -0.15) is 5.10 Å². The van der Waals surface area contributed by atoms with Crippen LogP contribution in [-0.2, 0) is 11.3 Å². The molecule has 0 spiro atoms.